The van der Waals surface area contributed by atoms with Crippen molar-refractivity contribution in [1.29, 1.82) is 0 Å². The lowest BCUT2D eigenvalue weighted by atomic mass is 9.77. The number of imidazole rings is 1. The number of amides is 1. The molecule has 33 heavy (non-hydrogen) atoms. The monoisotopic (exact) mass is 460 g/mol. The molecule has 6 nitrogen and oxygen atoms in total. The fourth-order valence-corrected chi connectivity index (χ4v) is 4.48. The van der Waals surface area contributed by atoms with Crippen LogP contribution in [0.15, 0.2) is 30.3 Å². The minimum absolute atomic E-state index is 0.327. The average molecular weight is 461 g/mol. The molecule has 1 amide bonds. The molecule has 3 aromatic rings. The van der Waals surface area contributed by atoms with Crippen LogP contribution in [0.2, 0.25) is 0 Å². The first-order chi connectivity index (χ1) is 15.7. The molecular weight excluding hydrogens is 433 g/mol. The van der Waals surface area contributed by atoms with Gasteiger partial charge in [-0.1, -0.05) is 19.9 Å². The second-order valence-corrected chi connectivity index (χ2v) is 8.91. The normalized spacial score (nSPS) is 19.1. The number of benzene rings is 1. The number of hydrogen-bond acceptors (Lipinski definition) is 4. The van der Waals surface area contributed by atoms with Crippen LogP contribution >= 0.6 is 0 Å². The highest BCUT2D eigenvalue weighted by atomic mass is 19.4. The van der Waals surface area contributed by atoms with Crippen LogP contribution in [-0.2, 0) is 6.18 Å². The van der Waals surface area contributed by atoms with Gasteiger partial charge in [-0.2, -0.15) is 13.2 Å². The van der Waals surface area contributed by atoms with Crippen LogP contribution in [-0.4, -0.2) is 28.0 Å². The fourth-order valence-electron chi connectivity index (χ4n) is 4.48. The van der Waals surface area contributed by atoms with Crippen LogP contribution in [0.4, 0.5) is 18.9 Å². The summed E-state index contributed by atoms with van der Waals surface area (Å²) < 4.78 is 44.2. The standard InChI is InChI=1S/C24H27F3N4O2/c1-13(2)14-7-9-15(10-8-14)22-29-17-11-19(20(33-3)12-18(17)30-22)31-23(32)16-5-4-6-21(28-16)24(25,26)27/h4-6,11-15H,7-10H2,1-3H3,(H,29,30)(H,31,32). The summed E-state index contributed by atoms with van der Waals surface area (Å²) in [6.07, 6.45) is -0.134. The van der Waals surface area contributed by atoms with E-state index in [1.165, 1.54) is 26.0 Å². The number of rotatable bonds is 5. The Morgan fingerprint density at radius 3 is 2.52 bits per heavy atom. The predicted octanol–water partition coefficient (Wildman–Crippen LogP) is 6.17. The molecule has 0 bridgehead atoms. The summed E-state index contributed by atoms with van der Waals surface area (Å²) in [4.78, 5) is 24.2. The number of fused-ring (bicyclic) bond motifs is 1. The molecule has 1 aromatic carbocycles. The zero-order valence-corrected chi connectivity index (χ0v) is 18.8. The van der Waals surface area contributed by atoms with Crippen molar-refractivity contribution in [2.45, 2.75) is 51.6 Å². The second-order valence-electron chi connectivity index (χ2n) is 8.91. The maximum absolute atomic E-state index is 12.9. The van der Waals surface area contributed by atoms with Crippen molar-refractivity contribution in [2.75, 3.05) is 12.4 Å². The molecule has 0 atom stereocenters. The number of carbonyl (C=O) groups excluding carboxylic acids is 1. The highest BCUT2D eigenvalue weighted by Gasteiger charge is 2.33. The number of aromatic amines is 1. The van der Waals surface area contributed by atoms with E-state index in [0.717, 1.165) is 42.2 Å². The second kappa shape index (κ2) is 9.03. The molecule has 2 heterocycles. The third-order valence-electron chi connectivity index (χ3n) is 6.44. The summed E-state index contributed by atoms with van der Waals surface area (Å²) in [5.74, 6) is 2.30. The van der Waals surface area contributed by atoms with Crippen molar-refractivity contribution >= 4 is 22.6 Å². The predicted molar refractivity (Wildman–Crippen MR) is 119 cm³/mol. The number of ether oxygens (including phenoxy) is 1. The van der Waals surface area contributed by atoms with E-state index in [-0.39, 0.29) is 5.69 Å². The molecule has 2 N–H and O–H groups in total. The van der Waals surface area contributed by atoms with Crippen molar-refractivity contribution in [3.63, 3.8) is 0 Å². The summed E-state index contributed by atoms with van der Waals surface area (Å²) in [6.45, 7) is 4.53. The number of alkyl halides is 3. The lowest BCUT2D eigenvalue weighted by Gasteiger charge is -2.29. The van der Waals surface area contributed by atoms with Crippen LogP contribution < -0.4 is 10.1 Å². The van der Waals surface area contributed by atoms with Gasteiger partial charge in [-0.3, -0.25) is 4.79 Å². The number of carbonyl (C=O) groups is 1. The summed E-state index contributed by atoms with van der Waals surface area (Å²) >= 11 is 0. The Labute approximate surface area is 190 Å². The van der Waals surface area contributed by atoms with Gasteiger partial charge in [0.05, 0.1) is 23.8 Å². The molecule has 1 aliphatic carbocycles. The molecule has 0 unspecified atom stereocenters. The number of nitrogens with one attached hydrogen (secondary N) is 2. The highest BCUT2D eigenvalue weighted by Crippen LogP contribution is 2.39. The van der Waals surface area contributed by atoms with E-state index in [1.54, 1.807) is 12.1 Å². The van der Waals surface area contributed by atoms with E-state index < -0.39 is 17.8 Å². The molecule has 9 heteroatoms. The Hall–Kier alpha value is -3.10. The molecule has 1 aliphatic rings. The van der Waals surface area contributed by atoms with Gasteiger partial charge in [-0.05, 0) is 55.7 Å². The van der Waals surface area contributed by atoms with E-state index in [4.69, 9.17) is 9.72 Å². The molecule has 0 aliphatic heterocycles. The van der Waals surface area contributed by atoms with Crippen molar-refractivity contribution < 1.29 is 22.7 Å². The zero-order valence-electron chi connectivity index (χ0n) is 18.8. The quantitative estimate of drug-likeness (QED) is 0.477. The summed E-state index contributed by atoms with van der Waals surface area (Å²) in [7, 11) is 1.46. The first kappa shape index (κ1) is 23.1. The maximum Gasteiger partial charge on any atom is 0.433 e. The number of aromatic nitrogens is 3. The topological polar surface area (TPSA) is 79.9 Å². The third kappa shape index (κ3) is 4.96. The Morgan fingerprint density at radius 2 is 1.88 bits per heavy atom. The van der Waals surface area contributed by atoms with Crippen LogP contribution in [0.1, 0.15) is 67.5 Å². The minimum atomic E-state index is -4.63. The third-order valence-corrected chi connectivity index (χ3v) is 6.44. The number of methoxy groups -OCH3 is 1. The Kier molecular flexibility index (Phi) is 6.32. The summed E-state index contributed by atoms with van der Waals surface area (Å²) in [6, 6.07) is 6.61. The van der Waals surface area contributed by atoms with Crippen molar-refractivity contribution in [3.8, 4) is 5.75 Å². The first-order valence-corrected chi connectivity index (χ1v) is 11.1. The molecule has 0 saturated heterocycles. The lowest BCUT2D eigenvalue weighted by Crippen LogP contribution is -2.18. The zero-order chi connectivity index (χ0) is 23.8. The van der Waals surface area contributed by atoms with Gasteiger partial charge in [-0.25, -0.2) is 9.97 Å². The van der Waals surface area contributed by atoms with Crippen molar-refractivity contribution in [3.05, 3.63) is 47.5 Å². The van der Waals surface area contributed by atoms with Crippen LogP contribution in [0.5, 0.6) is 5.75 Å². The van der Waals surface area contributed by atoms with Gasteiger partial charge >= 0.3 is 6.18 Å². The number of anilines is 1. The number of halogens is 3. The van der Waals surface area contributed by atoms with Crippen LogP contribution in [0.3, 0.4) is 0 Å². The Morgan fingerprint density at radius 1 is 1.15 bits per heavy atom. The molecule has 176 valence electrons. The largest absolute Gasteiger partial charge is 0.494 e. The van der Waals surface area contributed by atoms with Gasteiger partial charge in [0.15, 0.2) is 0 Å². The molecule has 0 radical (unpaired) electrons. The lowest BCUT2D eigenvalue weighted by molar-refractivity contribution is -0.141. The Balaban J connectivity index is 1.56. The molecule has 1 saturated carbocycles. The van der Waals surface area contributed by atoms with Gasteiger partial charge in [-0.15, -0.1) is 0 Å². The number of H-pyrrole nitrogens is 1. The van der Waals surface area contributed by atoms with Crippen molar-refractivity contribution in [2.24, 2.45) is 11.8 Å². The smallest absolute Gasteiger partial charge is 0.433 e. The van der Waals surface area contributed by atoms with Gasteiger partial charge < -0.3 is 15.0 Å². The van der Waals surface area contributed by atoms with E-state index in [9.17, 15) is 18.0 Å². The van der Waals surface area contributed by atoms with E-state index in [2.05, 4.69) is 29.1 Å². The van der Waals surface area contributed by atoms with Gasteiger partial charge in [0.25, 0.3) is 5.91 Å². The van der Waals surface area contributed by atoms with Gasteiger partial charge in [0.2, 0.25) is 0 Å². The fraction of sp³-hybridized carbons (Fsp3) is 0.458. The van der Waals surface area contributed by atoms with Gasteiger partial charge in [0.1, 0.15) is 23.0 Å². The molecule has 4 rings (SSSR count). The van der Waals surface area contributed by atoms with Crippen LogP contribution in [0.25, 0.3) is 11.0 Å². The molecule has 2 aromatic heterocycles. The van der Waals surface area contributed by atoms with E-state index >= 15 is 0 Å². The highest BCUT2D eigenvalue weighted by molar-refractivity contribution is 6.04. The van der Waals surface area contributed by atoms with E-state index in [0.29, 0.717) is 28.8 Å². The van der Waals surface area contributed by atoms with Gasteiger partial charge in [0, 0.05) is 12.0 Å². The summed E-state index contributed by atoms with van der Waals surface area (Å²) in [5.41, 5.74) is 0.308. The first-order valence-electron chi connectivity index (χ1n) is 11.1. The van der Waals surface area contributed by atoms with Crippen molar-refractivity contribution in [1.82, 2.24) is 15.0 Å². The van der Waals surface area contributed by atoms with E-state index in [1.807, 2.05) is 0 Å². The number of hydrogen-bond donors (Lipinski definition) is 2. The Bertz CT molecular complexity index is 1150. The number of nitrogens with zero attached hydrogens (tertiary/aromatic N) is 2. The number of pyridine rings is 1. The molecule has 1 fully saturated rings. The minimum Gasteiger partial charge on any atom is -0.494 e. The molecule has 0 spiro atoms. The molecular formula is C24H27F3N4O2. The maximum atomic E-state index is 12.9. The SMILES string of the molecule is COc1cc2nc(C3CCC(C(C)C)CC3)[nH]c2cc1NC(=O)c1cccc(C(F)(F)F)n1. The van der Waals surface area contributed by atoms with Crippen LogP contribution in [0, 0.1) is 11.8 Å². The summed E-state index contributed by atoms with van der Waals surface area (Å²) in [5, 5.41) is 2.61. The average Bonchev–Trinajstić information content (AvgIpc) is 3.21.